The molecule has 0 aliphatic rings. The highest BCUT2D eigenvalue weighted by molar-refractivity contribution is 9.11. The SMILES string of the molecule is ClCc1cc(Br)c(OCc2ccsc2)c(Br)c1. The van der Waals surface area contributed by atoms with Gasteiger partial charge in [0.15, 0.2) is 0 Å². The van der Waals surface area contributed by atoms with Crippen LogP contribution >= 0.6 is 54.8 Å². The molecule has 0 saturated carbocycles. The molecule has 0 aliphatic heterocycles. The molecule has 1 heterocycles. The molecule has 0 aliphatic carbocycles. The second-order valence-corrected chi connectivity index (χ2v) is 6.20. The Bertz CT molecular complexity index is 476. The molecule has 1 nitrogen and oxygen atoms in total. The third kappa shape index (κ3) is 3.47. The Morgan fingerprint density at radius 3 is 2.41 bits per heavy atom. The van der Waals surface area contributed by atoms with Crippen molar-refractivity contribution in [2.24, 2.45) is 0 Å². The van der Waals surface area contributed by atoms with Gasteiger partial charge in [0.2, 0.25) is 0 Å². The molecule has 0 bridgehead atoms. The fourth-order valence-corrected chi connectivity index (χ4v) is 3.68. The van der Waals surface area contributed by atoms with Crippen LogP contribution in [0.15, 0.2) is 37.9 Å². The zero-order chi connectivity index (χ0) is 12.3. The van der Waals surface area contributed by atoms with Crippen molar-refractivity contribution in [2.75, 3.05) is 0 Å². The number of benzene rings is 1. The number of alkyl halides is 1. The van der Waals surface area contributed by atoms with Crippen molar-refractivity contribution in [2.45, 2.75) is 12.5 Å². The number of thiophene rings is 1. The second kappa shape index (κ2) is 6.23. The maximum Gasteiger partial charge on any atom is 0.148 e. The van der Waals surface area contributed by atoms with Crippen LogP contribution < -0.4 is 4.74 Å². The summed E-state index contributed by atoms with van der Waals surface area (Å²) in [7, 11) is 0. The summed E-state index contributed by atoms with van der Waals surface area (Å²) in [6.07, 6.45) is 0. The summed E-state index contributed by atoms with van der Waals surface area (Å²) in [5.74, 6) is 1.30. The fraction of sp³-hybridized carbons (Fsp3) is 0.167. The van der Waals surface area contributed by atoms with Gasteiger partial charge in [0, 0.05) is 5.88 Å². The molecule has 5 heteroatoms. The number of halogens is 3. The van der Waals surface area contributed by atoms with Gasteiger partial charge in [0.05, 0.1) is 8.95 Å². The van der Waals surface area contributed by atoms with Gasteiger partial charge in [-0.3, -0.25) is 0 Å². The summed E-state index contributed by atoms with van der Waals surface area (Å²) in [6, 6.07) is 6.00. The third-order valence-corrected chi connectivity index (χ3v) is 4.39. The van der Waals surface area contributed by atoms with Gasteiger partial charge in [-0.15, -0.1) is 11.6 Å². The molecule has 0 atom stereocenters. The van der Waals surface area contributed by atoms with Crippen molar-refractivity contribution in [3.05, 3.63) is 49.0 Å². The van der Waals surface area contributed by atoms with Crippen LogP contribution in [0.2, 0.25) is 0 Å². The molecular formula is C12H9Br2ClOS. The van der Waals surface area contributed by atoms with Gasteiger partial charge in [-0.05, 0) is 71.9 Å². The molecule has 0 fully saturated rings. The first-order valence-electron chi connectivity index (χ1n) is 4.88. The normalized spacial score (nSPS) is 10.5. The van der Waals surface area contributed by atoms with Gasteiger partial charge in [0.25, 0.3) is 0 Å². The van der Waals surface area contributed by atoms with E-state index in [1.54, 1.807) is 11.3 Å². The number of hydrogen-bond donors (Lipinski definition) is 0. The lowest BCUT2D eigenvalue weighted by molar-refractivity contribution is 0.302. The highest BCUT2D eigenvalue weighted by atomic mass is 79.9. The van der Waals surface area contributed by atoms with Gasteiger partial charge in [-0.2, -0.15) is 11.3 Å². The average molecular weight is 397 g/mol. The second-order valence-electron chi connectivity index (χ2n) is 3.44. The van der Waals surface area contributed by atoms with Crippen LogP contribution in [0.25, 0.3) is 0 Å². The smallest absolute Gasteiger partial charge is 0.148 e. The van der Waals surface area contributed by atoms with E-state index >= 15 is 0 Å². The summed E-state index contributed by atoms with van der Waals surface area (Å²) in [4.78, 5) is 0. The van der Waals surface area contributed by atoms with E-state index in [0.717, 1.165) is 20.3 Å². The predicted octanol–water partition coefficient (Wildman–Crippen LogP) is 5.59. The molecule has 2 rings (SSSR count). The Labute approximate surface area is 126 Å². The largest absolute Gasteiger partial charge is 0.487 e. The van der Waals surface area contributed by atoms with E-state index in [1.165, 1.54) is 5.56 Å². The molecule has 0 saturated heterocycles. The molecule has 0 amide bonds. The van der Waals surface area contributed by atoms with E-state index in [0.29, 0.717) is 12.5 Å². The lowest BCUT2D eigenvalue weighted by Crippen LogP contribution is -1.96. The van der Waals surface area contributed by atoms with Crippen molar-refractivity contribution >= 4 is 54.8 Å². The maximum absolute atomic E-state index is 5.80. The predicted molar refractivity (Wildman–Crippen MR) is 80.1 cm³/mol. The minimum Gasteiger partial charge on any atom is -0.487 e. The van der Waals surface area contributed by atoms with Crippen LogP contribution in [0.1, 0.15) is 11.1 Å². The standard InChI is InChI=1S/C12H9Br2ClOS/c13-10-3-9(5-15)4-11(14)12(10)16-6-8-1-2-17-7-8/h1-4,7H,5-6H2. The highest BCUT2D eigenvalue weighted by Gasteiger charge is 2.09. The highest BCUT2D eigenvalue weighted by Crippen LogP contribution is 2.35. The Balaban J connectivity index is 2.15. The van der Waals surface area contributed by atoms with Crippen molar-refractivity contribution < 1.29 is 4.74 Å². The zero-order valence-corrected chi connectivity index (χ0v) is 13.5. The Morgan fingerprint density at radius 2 is 1.88 bits per heavy atom. The molecule has 2 aromatic rings. The molecular weight excluding hydrogens is 387 g/mol. The van der Waals surface area contributed by atoms with E-state index in [2.05, 4.69) is 43.3 Å². The quantitative estimate of drug-likeness (QED) is 0.612. The molecule has 90 valence electrons. The van der Waals surface area contributed by atoms with E-state index in [4.69, 9.17) is 16.3 Å². The van der Waals surface area contributed by atoms with Crippen molar-refractivity contribution in [1.29, 1.82) is 0 Å². The summed E-state index contributed by atoms with van der Waals surface area (Å²) < 4.78 is 7.61. The van der Waals surface area contributed by atoms with Crippen LogP contribution in [-0.2, 0) is 12.5 Å². The van der Waals surface area contributed by atoms with Gasteiger partial charge >= 0.3 is 0 Å². The number of hydrogen-bond acceptors (Lipinski definition) is 2. The zero-order valence-electron chi connectivity index (χ0n) is 8.75. The monoisotopic (exact) mass is 394 g/mol. The molecule has 17 heavy (non-hydrogen) atoms. The summed E-state index contributed by atoms with van der Waals surface area (Å²) in [5.41, 5.74) is 2.23. The van der Waals surface area contributed by atoms with E-state index < -0.39 is 0 Å². The topological polar surface area (TPSA) is 9.23 Å². The number of rotatable bonds is 4. The van der Waals surface area contributed by atoms with Crippen LogP contribution in [0.4, 0.5) is 0 Å². The van der Waals surface area contributed by atoms with Crippen LogP contribution in [0, 0.1) is 0 Å². The fourth-order valence-electron chi connectivity index (χ4n) is 1.36. The molecule has 1 aromatic carbocycles. The van der Waals surface area contributed by atoms with E-state index in [-0.39, 0.29) is 0 Å². The molecule has 1 aromatic heterocycles. The first-order valence-corrected chi connectivity index (χ1v) is 7.95. The van der Waals surface area contributed by atoms with Gasteiger partial charge in [0.1, 0.15) is 12.4 Å². The van der Waals surface area contributed by atoms with Crippen molar-refractivity contribution in [3.8, 4) is 5.75 Å². The van der Waals surface area contributed by atoms with Gasteiger partial charge < -0.3 is 4.74 Å². The average Bonchev–Trinajstić information content (AvgIpc) is 2.80. The summed E-state index contributed by atoms with van der Waals surface area (Å²) in [6.45, 7) is 0.570. The first kappa shape index (κ1) is 13.4. The molecule has 0 radical (unpaired) electrons. The minimum atomic E-state index is 0.488. The van der Waals surface area contributed by atoms with Crippen molar-refractivity contribution in [3.63, 3.8) is 0 Å². The summed E-state index contributed by atoms with van der Waals surface area (Å²) >= 11 is 14.5. The van der Waals surface area contributed by atoms with Crippen LogP contribution in [0.5, 0.6) is 5.75 Å². The molecule has 0 unspecified atom stereocenters. The lowest BCUT2D eigenvalue weighted by Gasteiger charge is -2.11. The number of ether oxygens (including phenoxy) is 1. The summed E-state index contributed by atoms with van der Waals surface area (Å²) in [5, 5.41) is 4.12. The maximum atomic E-state index is 5.80. The van der Waals surface area contributed by atoms with Crippen LogP contribution in [-0.4, -0.2) is 0 Å². The molecule has 0 N–H and O–H groups in total. The Morgan fingerprint density at radius 1 is 1.18 bits per heavy atom. The molecule has 0 spiro atoms. The Hall–Kier alpha value is -0.0300. The first-order chi connectivity index (χ1) is 8.20. The van der Waals surface area contributed by atoms with Gasteiger partial charge in [-0.25, -0.2) is 0 Å². The van der Waals surface area contributed by atoms with E-state index in [1.807, 2.05) is 17.5 Å². The van der Waals surface area contributed by atoms with E-state index in [9.17, 15) is 0 Å². The van der Waals surface area contributed by atoms with Crippen molar-refractivity contribution in [1.82, 2.24) is 0 Å². The third-order valence-electron chi connectivity index (χ3n) is 2.18. The lowest BCUT2D eigenvalue weighted by atomic mass is 10.2. The minimum absolute atomic E-state index is 0.488. The van der Waals surface area contributed by atoms with Crippen LogP contribution in [0.3, 0.4) is 0 Å². The van der Waals surface area contributed by atoms with Gasteiger partial charge in [-0.1, -0.05) is 0 Å². The Kier molecular flexibility index (Phi) is 4.91.